The van der Waals surface area contributed by atoms with E-state index >= 15 is 0 Å². The fraction of sp³-hybridized carbons (Fsp3) is 0.304. The molecule has 0 bridgehead atoms. The van der Waals surface area contributed by atoms with E-state index in [9.17, 15) is 4.79 Å². The first-order valence-electron chi connectivity index (χ1n) is 10.5. The second-order valence-corrected chi connectivity index (χ2v) is 7.93. The van der Waals surface area contributed by atoms with Gasteiger partial charge in [-0.25, -0.2) is 9.97 Å². The summed E-state index contributed by atoms with van der Waals surface area (Å²) in [5.74, 6) is -0.0155. The number of primary amides is 1. The summed E-state index contributed by atoms with van der Waals surface area (Å²) in [6.45, 7) is 1.92. The molecule has 1 aliphatic carbocycles. The van der Waals surface area contributed by atoms with Gasteiger partial charge in [0.1, 0.15) is 5.82 Å². The van der Waals surface area contributed by atoms with Gasteiger partial charge in [0.15, 0.2) is 5.69 Å². The molecular formula is C23H27N7O. The zero-order chi connectivity index (χ0) is 21.8. The number of hydrogen-bond acceptors (Lipinski definition) is 7. The smallest absolute Gasteiger partial charge is 0.269 e. The minimum Gasteiger partial charge on any atom is -0.379 e. The SMILES string of the molecule is Cc1cc(-c2cccnc2)cc(Nc2cc(N[C@@H]3CCCC[C@@H]3N)cnc2C(N)=O)n1. The first-order valence-corrected chi connectivity index (χ1v) is 10.5. The molecule has 0 spiro atoms. The summed E-state index contributed by atoms with van der Waals surface area (Å²) < 4.78 is 0. The Balaban J connectivity index is 1.64. The number of nitrogens with two attached hydrogens (primary N) is 2. The average molecular weight is 418 g/mol. The standard InChI is InChI=1S/C23H27N7O/c1-14-9-16(15-5-4-8-26-12-15)10-21(28-14)30-20-11-17(13-27-22(20)23(25)31)29-19-7-3-2-6-18(19)24/h4-5,8-13,18-19,29H,2-3,6-7,24H2,1H3,(H2,25,31)(H,28,30)/t18-,19+/m0/s1. The van der Waals surface area contributed by atoms with E-state index in [2.05, 4.69) is 25.6 Å². The molecule has 8 nitrogen and oxygen atoms in total. The Kier molecular flexibility index (Phi) is 6.08. The van der Waals surface area contributed by atoms with Gasteiger partial charge in [0.2, 0.25) is 0 Å². The van der Waals surface area contributed by atoms with E-state index in [-0.39, 0.29) is 17.8 Å². The lowest BCUT2D eigenvalue weighted by Gasteiger charge is -2.30. The predicted octanol–water partition coefficient (Wildman–Crippen LogP) is 3.37. The fourth-order valence-electron chi connectivity index (χ4n) is 3.96. The van der Waals surface area contributed by atoms with Gasteiger partial charge < -0.3 is 22.1 Å². The van der Waals surface area contributed by atoms with Crippen LogP contribution >= 0.6 is 0 Å². The molecule has 0 saturated heterocycles. The minimum absolute atomic E-state index is 0.0986. The lowest BCUT2D eigenvalue weighted by molar-refractivity contribution is 0.0996. The number of aryl methyl sites for hydroxylation is 1. The maximum absolute atomic E-state index is 12.0. The van der Waals surface area contributed by atoms with Crippen LogP contribution in [0.25, 0.3) is 11.1 Å². The zero-order valence-electron chi connectivity index (χ0n) is 17.5. The summed E-state index contributed by atoms with van der Waals surface area (Å²) in [7, 11) is 0. The maximum Gasteiger partial charge on any atom is 0.269 e. The zero-order valence-corrected chi connectivity index (χ0v) is 17.5. The highest BCUT2D eigenvalue weighted by molar-refractivity contribution is 5.97. The number of nitrogens with one attached hydrogen (secondary N) is 2. The van der Waals surface area contributed by atoms with Crippen LogP contribution in [0.2, 0.25) is 0 Å². The quantitative estimate of drug-likeness (QED) is 0.483. The molecule has 0 aromatic carbocycles. The van der Waals surface area contributed by atoms with Crippen molar-refractivity contribution in [2.75, 3.05) is 10.6 Å². The van der Waals surface area contributed by atoms with Crippen LogP contribution in [-0.4, -0.2) is 32.9 Å². The lowest BCUT2D eigenvalue weighted by Crippen LogP contribution is -2.42. The van der Waals surface area contributed by atoms with Crippen molar-refractivity contribution in [1.29, 1.82) is 0 Å². The van der Waals surface area contributed by atoms with E-state index in [1.54, 1.807) is 18.6 Å². The van der Waals surface area contributed by atoms with Crippen molar-refractivity contribution < 1.29 is 4.79 Å². The van der Waals surface area contributed by atoms with Gasteiger partial charge >= 0.3 is 0 Å². The van der Waals surface area contributed by atoms with Gasteiger partial charge in [-0.15, -0.1) is 0 Å². The number of aromatic nitrogens is 3. The van der Waals surface area contributed by atoms with Crippen molar-refractivity contribution in [3.63, 3.8) is 0 Å². The Morgan fingerprint density at radius 3 is 2.71 bits per heavy atom. The molecule has 6 N–H and O–H groups in total. The highest BCUT2D eigenvalue weighted by Gasteiger charge is 2.22. The third kappa shape index (κ3) is 4.97. The van der Waals surface area contributed by atoms with Gasteiger partial charge in [-0.1, -0.05) is 18.9 Å². The van der Waals surface area contributed by atoms with E-state index in [4.69, 9.17) is 11.5 Å². The monoisotopic (exact) mass is 417 g/mol. The lowest BCUT2D eigenvalue weighted by atomic mass is 9.91. The summed E-state index contributed by atoms with van der Waals surface area (Å²) in [6.07, 6.45) is 9.47. The predicted molar refractivity (Wildman–Crippen MR) is 122 cm³/mol. The van der Waals surface area contributed by atoms with E-state index in [1.807, 2.05) is 37.3 Å². The number of amides is 1. The molecular weight excluding hydrogens is 390 g/mol. The highest BCUT2D eigenvalue weighted by Crippen LogP contribution is 2.28. The minimum atomic E-state index is -0.608. The fourth-order valence-corrected chi connectivity index (χ4v) is 3.96. The summed E-state index contributed by atoms with van der Waals surface area (Å²) in [5, 5.41) is 6.69. The number of nitrogens with zero attached hydrogens (tertiary/aromatic N) is 3. The van der Waals surface area contributed by atoms with Crippen molar-refractivity contribution in [2.45, 2.75) is 44.7 Å². The number of carbonyl (C=O) groups excluding carboxylic acids is 1. The molecule has 0 aliphatic heterocycles. The van der Waals surface area contributed by atoms with Gasteiger partial charge in [0.25, 0.3) is 5.91 Å². The first kappa shape index (κ1) is 20.7. The van der Waals surface area contributed by atoms with Crippen LogP contribution in [0.4, 0.5) is 17.2 Å². The van der Waals surface area contributed by atoms with Gasteiger partial charge in [0.05, 0.1) is 17.6 Å². The van der Waals surface area contributed by atoms with Crippen LogP contribution in [0.15, 0.2) is 48.9 Å². The maximum atomic E-state index is 12.0. The number of anilines is 3. The molecule has 160 valence electrons. The van der Waals surface area contributed by atoms with Gasteiger partial charge in [-0.2, -0.15) is 0 Å². The molecule has 1 fully saturated rings. The van der Waals surface area contributed by atoms with Crippen LogP contribution in [0.3, 0.4) is 0 Å². The normalized spacial score (nSPS) is 18.4. The van der Waals surface area contributed by atoms with Gasteiger partial charge in [-0.05, 0) is 49.6 Å². The molecule has 3 aromatic rings. The molecule has 0 radical (unpaired) electrons. The highest BCUT2D eigenvalue weighted by atomic mass is 16.1. The van der Waals surface area contributed by atoms with Crippen molar-refractivity contribution in [2.24, 2.45) is 11.5 Å². The molecule has 1 aliphatic rings. The van der Waals surface area contributed by atoms with E-state index in [0.29, 0.717) is 11.5 Å². The Morgan fingerprint density at radius 2 is 1.97 bits per heavy atom. The second kappa shape index (κ2) is 9.09. The Bertz CT molecular complexity index is 1070. The van der Waals surface area contributed by atoms with Crippen LogP contribution in [-0.2, 0) is 0 Å². The first-order chi connectivity index (χ1) is 15.0. The summed E-state index contributed by atoms with van der Waals surface area (Å²) in [6, 6.07) is 9.88. The van der Waals surface area contributed by atoms with Crippen LogP contribution in [0.1, 0.15) is 41.9 Å². The Morgan fingerprint density at radius 1 is 1.13 bits per heavy atom. The molecule has 1 amide bonds. The summed E-state index contributed by atoms with van der Waals surface area (Å²) in [4.78, 5) is 25.0. The molecule has 31 heavy (non-hydrogen) atoms. The Hall–Kier alpha value is -3.52. The summed E-state index contributed by atoms with van der Waals surface area (Å²) in [5.41, 5.74) is 16.1. The number of rotatable bonds is 6. The third-order valence-corrected chi connectivity index (χ3v) is 5.50. The van der Waals surface area contributed by atoms with Crippen LogP contribution < -0.4 is 22.1 Å². The van der Waals surface area contributed by atoms with Crippen molar-refractivity contribution in [1.82, 2.24) is 15.0 Å². The largest absolute Gasteiger partial charge is 0.379 e. The average Bonchev–Trinajstić information content (AvgIpc) is 2.75. The van der Waals surface area contributed by atoms with Crippen molar-refractivity contribution >= 4 is 23.1 Å². The number of carbonyl (C=O) groups is 1. The summed E-state index contributed by atoms with van der Waals surface area (Å²) >= 11 is 0. The van der Waals surface area contributed by atoms with E-state index in [0.717, 1.165) is 48.2 Å². The number of hydrogen-bond donors (Lipinski definition) is 4. The molecule has 2 atom stereocenters. The second-order valence-electron chi connectivity index (χ2n) is 7.93. The molecule has 3 heterocycles. The van der Waals surface area contributed by atoms with Crippen molar-refractivity contribution in [3.8, 4) is 11.1 Å². The van der Waals surface area contributed by atoms with Gasteiger partial charge in [-0.3, -0.25) is 9.78 Å². The topological polar surface area (TPSA) is 132 Å². The molecule has 0 unspecified atom stereocenters. The van der Waals surface area contributed by atoms with Crippen LogP contribution in [0, 0.1) is 6.92 Å². The molecule has 1 saturated carbocycles. The Labute approximate surface area is 181 Å². The van der Waals surface area contributed by atoms with E-state index < -0.39 is 5.91 Å². The van der Waals surface area contributed by atoms with Crippen molar-refractivity contribution in [3.05, 3.63) is 60.3 Å². The number of pyridine rings is 3. The molecule has 3 aromatic heterocycles. The molecule has 4 rings (SSSR count). The van der Waals surface area contributed by atoms with Crippen LogP contribution in [0.5, 0.6) is 0 Å². The van der Waals surface area contributed by atoms with E-state index in [1.165, 1.54) is 0 Å². The third-order valence-electron chi connectivity index (χ3n) is 5.50. The van der Waals surface area contributed by atoms with Gasteiger partial charge in [0, 0.05) is 35.7 Å². The molecule has 8 heteroatoms.